The molecule has 90 valence electrons. The fourth-order valence-corrected chi connectivity index (χ4v) is 1.81. The zero-order valence-corrected chi connectivity index (χ0v) is 10.2. The third kappa shape index (κ3) is 2.52. The Kier molecular flexibility index (Phi) is 3.64. The number of hydrogen-bond acceptors (Lipinski definition) is 3. The zero-order valence-electron chi connectivity index (χ0n) is 9.37. The van der Waals surface area contributed by atoms with E-state index in [1.807, 2.05) is 30.3 Å². The molecule has 0 aliphatic rings. The smallest absolute Gasteiger partial charge is 0.292 e. The van der Waals surface area contributed by atoms with E-state index in [-0.39, 0.29) is 5.69 Å². The molecule has 0 bridgehead atoms. The van der Waals surface area contributed by atoms with Gasteiger partial charge in [-0.3, -0.25) is 10.1 Å². The van der Waals surface area contributed by atoms with Gasteiger partial charge >= 0.3 is 0 Å². The highest BCUT2D eigenvalue weighted by Gasteiger charge is 2.13. The first-order valence-corrected chi connectivity index (χ1v) is 5.73. The van der Waals surface area contributed by atoms with Crippen LogP contribution in [0.4, 0.5) is 11.4 Å². The van der Waals surface area contributed by atoms with E-state index in [4.69, 9.17) is 0 Å². The van der Waals surface area contributed by atoms with Crippen molar-refractivity contribution in [1.82, 2.24) is 0 Å². The molecule has 2 aromatic rings. The van der Waals surface area contributed by atoms with Crippen LogP contribution >= 0.6 is 12.2 Å². The molecule has 0 radical (unpaired) electrons. The molecular formula is C13H10N2O2S. The van der Waals surface area contributed by atoms with Gasteiger partial charge in [-0.15, -0.1) is 0 Å². The number of nitrogens with zero attached hydrogens (tertiary/aromatic N) is 1. The Morgan fingerprint density at radius 1 is 1.11 bits per heavy atom. The van der Waals surface area contributed by atoms with Crippen molar-refractivity contribution < 1.29 is 4.92 Å². The summed E-state index contributed by atoms with van der Waals surface area (Å²) in [5.41, 5.74) is 3.57. The van der Waals surface area contributed by atoms with Crippen LogP contribution in [0.5, 0.6) is 0 Å². The van der Waals surface area contributed by atoms with Crippen molar-refractivity contribution in [3.05, 3.63) is 58.6 Å². The lowest BCUT2D eigenvalue weighted by molar-refractivity contribution is -0.383. The van der Waals surface area contributed by atoms with Gasteiger partial charge in [0, 0.05) is 6.07 Å². The minimum absolute atomic E-state index is 0.00998. The molecule has 0 spiro atoms. The molecule has 2 aromatic carbocycles. The van der Waals surface area contributed by atoms with Gasteiger partial charge in [-0.2, -0.15) is 0 Å². The fraction of sp³-hybridized carbons (Fsp3) is 0. The predicted octanol–water partition coefficient (Wildman–Crippen LogP) is 3.63. The molecule has 0 aliphatic carbocycles. The number of nitro benzene ring substituents is 1. The molecule has 5 heteroatoms. The van der Waals surface area contributed by atoms with Crippen LogP contribution < -0.4 is 5.32 Å². The number of nitrogens with one attached hydrogen (secondary N) is 1. The lowest BCUT2D eigenvalue weighted by Crippen LogP contribution is -1.98. The molecule has 0 amide bonds. The summed E-state index contributed by atoms with van der Waals surface area (Å²) in [6.45, 7) is 0. The van der Waals surface area contributed by atoms with Gasteiger partial charge in [-0.25, -0.2) is 0 Å². The second kappa shape index (κ2) is 5.37. The topological polar surface area (TPSA) is 55.2 Å². The van der Waals surface area contributed by atoms with Gasteiger partial charge in [0.1, 0.15) is 5.69 Å². The second-order valence-electron chi connectivity index (χ2n) is 3.62. The Labute approximate surface area is 109 Å². The molecular weight excluding hydrogens is 248 g/mol. The predicted molar refractivity (Wildman–Crippen MR) is 75.8 cm³/mol. The van der Waals surface area contributed by atoms with Crippen LogP contribution in [0, 0.1) is 10.1 Å². The number of benzene rings is 2. The van der Waals surface area contributed by atoms with E-state index in [1.165, 1.54) is 11.6 Å². The number of hydrogen-bond donors (Lipinski definition) is 1. The van der Waals surface area contributed by atoms with Crippen molar-refractivity contribution in [3.8, 4) is 11.1 Å². The summed E-state index contributed by atoms with van der Waals surface area (Å²) in [5, 5.41) is 13.6. The molecule has 4 nitrogen and oxygen atoms in total. The molecule has 0 aliphatic heterocycles. The van der Waals surface area contributed by atoms with E-state index in [9.17, 15) is 10.1 Å². The highest BCUT2D eigenvalue weighted by Crippen LogP contribution is 2.30. The Balaban J connectivity index is 2.49. The summed E-state index contributed by atoms with van der Waals surface area (Å²) in [7, 11) is 0. The number of rotatable bonds is 4. The second-order valence-corrected chi connectivity index (χ2v) is 3.85. The number of thiocarbonyl (C=S) groups is 1. The van der Waals surface area contributed by atoms with E-state index in [0.29, 0.717) is 5.69 Å². The Hall–Kier alpha value is -2.27. The largest absolute Gasteiger partial charge is 0.347 e. The molecule has 0 atom stereocenters. The van der Waals surface area contributed by atoms with Gasteiger partial charge in [-0.05, 0) is 23.3 Å². The molecule has 0 aromatic heterocycles. The van der Waals surface area contributed by atoms with Crippen LogP contribution in [0.3, 0.4) is 0 Å². The standard InChI is InChI=1S/C13H10N2O2S/c16-15(17)13-7-6-11(8-12(13)14-9-18)10-4-2-1-3-5-10/h1-9H,(H,14,18). The van der Waals surface area contributed by atoms with Gasteiger partial charge in [-0.1, -0.05) is 42.5 Å². The van der Waals surface area contributed by atoms with E-state index < -0.39 is 4.92 Å². The molecule has 2 rings (SSSR count). The zero-order chi connectivity index (χ0) is 13.0. The highest BCUT2D eigenvalue weighted by atomic mass is 32.1. The summed E-state index contributed by atoms with van der Waals surface area (Å²) in [5.74, 6) is 0. The summed E-state index contributed by atoms with van der Waals surface area (Å²) in [6, 6.07) is 14.6. The fourth-order valence-electron chi connectivity index (χ4n) is 1.68. The van der Waals surface area contributed by atoms with Gasteiger partial charge < -0.3 is 5.32 Å². The monoisotopic (exact) mass is 258 g/mol. The molecule has 0 saturated carbocycles. The quantitative estimate of drug-likeness (QED) is 0.517. The maximum atomic E-state index is 10.9. The maximum Gasteiger partial charge on any atom is 0.292 e. The molecule has 1 N–H and O–H groups in total. The summed E-state index contributed by atoms with van der Waals surface area (Å²) in [4.78, 5) is 10.4. The molecule has 18 heavy (non-hydrogen) atoms. The van der Waals surface area contributed by atoms with Crippen LogP contribution in [-0.4, -0.2) is 10.4 Å². The highest BCUT2D eigenvalue weighted by molar-refractivity contribution is 7.79. The third-order valence-electron chi connectivity index (χ3n) is 2.51. The Morgan fingerprint density at radius 3 is 2.44 bits per heavy atom. The van der Waals surface area contributed by atoms with Crippen molar-refractivity contribution in [1.29, 1.82) is 0 Å². The van der Waals surface area contributed by atoms with E-state index in [0.717, 1.165) is 11.1 Å². The van der Waals surface area contributed by atoms with E-state index >= 15 is 0 Å². The van der Waals surface area contributed by atoms with Crippen molar-refractivity contribution in [2.45, 2.75) is 0 Å². The minimum Gasteiger partial charge on any atom is -0.347 e. The summed E-state index contributed by atoms with van der Waals surface area (Å²) in [6.07, 6.45) is 0. The Morgan fingerprint density at radius 2 is 1.83 bits per heavy atom. The normalized spacial score (nSPS) is 9.78. The molecule has 0 unspecified atom stereocenters. The maximum absolute atomic E-state index is 10.9. The number of nitro groups is 1. The van der Waals surface area contributed by atoms with E-state index in [1.54, 1.807) is 12.1 Å². The number of anilines is 1. The first-order valence-electron chi connectivity index (χ1n) is 5.26. The van der Waals surface area contributed by atoms with Crippen molar-refractivity contribution in [2.24, 2.45) is 0 Å². The molecule has 0 saturated heterocycles. The van der Waals surface area contributed by atoms with Gasteiger partial charge in [0.15, 0.2) is 0 Å². The van der Waals surface area contributed by atoms with Crippen molar-refractivity contribution >= 4 is 29.1 Å². The summed E-state index contributed by atoms with van der Waals surface area (Å²) < 4.78 is 0. The first kappa shape index (κ1) is 12.2. The average molecular weight is 258 g/mol. The first-order chi connectivity index (χ1) is 8.72. The van der Waals surface area contributed by atoms with Crippen molar-refractivity contribution in [2.75, 3.05) is 5.32 Å². The van der Waals surface area contributed by atoms with Crippen LogP contribution in [0.15, 0.2) is 48.5 Å². The minimum atomic E-state index is -0.435. The average Bonchev–Trinajstić information content (AvgIpc) is 2.40. The molecule has 0 fully saturated rings. The van der Waals surface area contributed by atoms with Crippen LogP contribution in [0.2, 0.25) is 0 Å². The van der Waals surface area contributed by atoms with Gasteiger partial charge in [0.05, 0.1) is 10.4 Å². The SMILES string of the molecule is O=[N+]([O-])c1ccc(-c2ccccc2)cc1NC=S. The lowest BCUT2D eigenvalue weighted by Gasteiger charge is -2.06. The lowest BCUT2D eigenvalue weighted by atomic mass is 10.0. The van der Waals surface area contributed by atoms with Crippen molar-refractivity contribution in [3.63, 3.8) is 0 Å². The van der Waals surface area contributed by atoms with Crippen LogP contribution in [-0.2, 0) is 0 Å². The van der Waals surface area contributed by atoms with Gasteiger partial charge in [0.25, 0.3) is 5.69 Å². The third-order valence-corrected chi connectivity index (χ3v) is 2.63. The molecule has 0 heterocycles. The van der Waals surface area contributed by atoms with Crippen LogP contribution in [0.25, 0.3) is 11.1 Å². The van der Waals surface area contributed by atoms with Crippen LogP contribution in [0.1, 0.15) is 0 Å². The van der Waals surface area contributed by atoms with Gasteiger partial charge in [0.2, 0.25) is 0 Å². The summed E-state index contributed by atoms with van der Waals surface area (Å²) >= 11 is 4.68. The Bertz CT molecular complexity index is 585. The van der Waals surface area contributed by atoms with E-state index in [2.05, 4.69) is 17.5 Å².